The lowest BCUT2D eigenvalue weighted by atomic mass is 9.93. The number of ether oxygens (including phenoxy) is 3. The molecule has 11 heteroatoms. The molecule has 1 aromatic heterocycles. The molecule has 1 aliphatic rings. The molecule has 0 fully saturated rings. The van der Waals surface area contributed by atoms with Gasteiger partial charge in [0.2, 0.25) is 0 Å². The molecule has 0 bridgehead atoms. The van der Waals surface area contributed by atoms with Crippen molar-refractivity contribution in [3.63, 3.8) is 0 Å². The van der Waals surface area contributed by atoms with E-state index in [1.54, 1.807) is 11.5 Å². The number of aromatic nitrogens is 1. The fraction of sp³-hybridized carbons (Fsp3) is 0.162. The van der Waals surface area contributed by atoms with Crippen molar-refractivity contribution in [1.82, 2.24) is 4.57 Å². The second-order valence-electron chi connectivity index (χ2n) is 10.7. The molecule has 0 amide bonds. The molecule has 1 atom stereocenters. The summed E-state index contributed by atoms with van der Waals surface area (Å²) in [5.74, 6) is 0.816. The number of benzene rings is 4. The molecule has 1 aliphatic heterocycles. The Morgan fingerprint density at radius 1 is 0.958 bits per heavy atom. The van der Waals surface area contributed by atoms with Crippen LogP contribution in [-0.4, -0.2) is 23.8 Å². The first kappa shape index (κ1) is 34.4. The summed E-state index contributed by atoms with van der Waals surface area (Å²) in [7, 11) is 0. The van der Waals surface area contributed by atoms with Gasteiger partial charge in [-0.25, -0.2) is 9.79 Å². The monoisotopic (exact) mass is 902 g/mol. The zero-order chi connectivity index (χ0) is 33.8. The van der Waals surface area contributed by atoms with Gasteiger partial charge in [-0.2, -0.15) is 0 Å². The van der Waals surface area contributed by atoms with Crippen molar-refractivity contribution in [2.45, 2.75) is 26.5 Å². The standard InChI is InChI=1S/C37H29ClI2N2O5S/c1-3-45-28-15-13-24(14-16-28)33-31(36(44)46-4-2)32(23-10-6-5-7-11-23)41-37-42(33)35(43)30(48-37)19-25-18-27(39)20-29(40)34(25)47-21-22-9-8-12-26(38)17-22/h5-20,33H,3-4,21H2,1-2H3/b30-19-/t33-/m1/s1. The van der Waals surface area contributed by atoms with Crippen molar-refractivity contribution >= 4 is 85.9 Å². The summed E-state index contributed by atoms with van der Waals surface area (Å²) in [5.41, 5.74) is 3.64. The van der Waals surface area contributed by atoms with Crippen molar-refractivity contribution in [2.75, 3.05) is 13.2 Å². The topological polar surface area (TPSA) is 79.1 Å². The van der Waals surface area contributed by atoms with Crippen LogP contribution in [0.25, 0.3) is 11.8 Å². The number of nitrogens with zero attached hydrogens (tertiary/aromatic N) is 2. The number of fused-ring (bicyclic) bond motifs is 1. The van der Waals surface area contributed by atoms with Crippen molar-refractivity contribution < 1.29 is 19.0 Å². The van der Waals surface area contributed by atoms with Gasteiger partial charge in [-0.05, 0) is 113 Å². The van der Waals surface area contributed by atoms with Gasteiger partial charge in [0.05, 0.1) is 38.6 Å². The predicted molar refractivity (Wildman–Crippen MR) is 206 cm³/mol. The molecule has 0 unspecified atom stereocenters. The molecule has 0 N–H and O–H groups in total. The summed E-state index contributed by atoms with van der Waals surface area (Å²) in [6.45, 7) is 4.68. The minimum absolute atomic E-state index is 0.175. The molecule has 0 saturated carbocycles. The highest BCUT2D eigenvalue weighted by Crippen LogP contribution is 2.36. The summed E-state index contributed by atoms with van der Waals surface area (Å²) in [4.78, 5) is 33.7. The molecule has 0 radical (unpaired) electrons. The second-order valence-corrected chi connectivity index (χ2v) is 14.5. The highest BCUT2D eigenvalue weighted by Gasteiger charge is 2.35. The van der Waals surface area contributed by atoms with Crippen molar-refractivity contribution in [3.8, 4) is 11.5 Å². The zero-order valence-corrected chi connectivity index (χ0v) is 31.8. The third kappa shape index (κ3) is 7.41. The van der Waals surface area contributed by atoms with Gasteiger partial charge in [-0.3, -0.25) is 9.36 Å². The summed E-state index contributed by atoms with van der Waals surface area (Å²) in [6, 6.07) is 27.7. The average Bonchev–Trinajstić information content (AvgIpc) is 3.38. The van der Waals surface area contributed by atoms with E-state index in [9.17, 15) is 9.59 Å². The van der Waals surface area contributed by atoms with Gasteiger partial charge in [0.25, 0.3) is 5.56 Å². The van der Waals surface area contributed by atoms with Crippen molar-refractivity contribution in [1.29, 1.82) is 0 Å². The van der Waals surface area contributed by atoms with E-state index >= 15 is 0 Å². The Morgan fingerprint density at radius 2 is 1.73 bits per heavy atom. The molecule has 2 heterocycles. The van der Waals surface area contributed by atoms with E-state index in [2.05, 4.69) is 45.2 Å². The van der Waals surface area contributed by atoms with Crippen LogP contribution in [0.3, 0.4) is 0 Å². The smallest absolute Gasteiger partial charge is 0.338 e. The van der Waals surface area contributed by atoms with E-state index in [1.807, 2.05) is 104 Å². The lowest BCUT2D eigenvalue weighted by Gasteiger charge is -2.26. The van der Waals surface area contributed by atoms with Crippen LogP contribution < -0.4 is 24.4 Å². The van der Waals surface area contributed by atoms with Gasteiger partial charge in [0.1, 0.15) is 18.1 Å². The number of carbonyl (C=O) groups is 1. The highest BCUT2D eigenvalue weighted by molar-refractivity contribution is 14.1. The molecule has 244 valence electrons. The number of hydrogen-bond donors (Lipinski definition) is 0. The van der Waals surface area contributed by atoms with E-state index in [0.29, 0.717) is 50.3 Å². The maximum Gasteiger partial charge on any atom is 0.338 e. The van der Waals surface area contributed by atoms with Gasteiger partial charge >= 0.3 is 5.97 Å². The first-order chi connectivity index (χ1) is 23.3. The third-order valence-corrected chi connectivity index (χ3v) is 10.1. The minimum atomic E-state index is -0.789. The van der Waals surface area contributed by atoms with Gasteiger partial charge in [-0.15, -0.1) is 0 Å². The molecule has 6 rings (SSSR count). The first-order valence-corrected chi connectivity index (χ1v) is 18.5. The van der Waals surface area contributed by atoms with Crippen LogP contribution in [0.5, 0.6) is 11.5 Å². The van der Waals surface area contributed by atoms with Gasteiger partial charge in [0.15, 0.2) is 4.80 Å². The van der Waals surface area contributed by atoms with Crippen molar-refractivity contribution in [2.24, 2.45) is 4.99 Å². The third-order valence-electron chi connectivity index (χ3n) is 7.48. The molecule has 0 spiro atoms. The highest BCUT2D eigenvalue weighted by atomic mass is 127. The minimum Gasteiger partial charge on any atom is -0.494 e. The molecule has 5 aromatic rings. The Balaban J connectivity index is 1.55. The first-order valence-electron chi connectivity index (χ1n) is 15.1. The molecule has 0 saturated heterocycles. The Morgan fingerprint density at radius 3 is 2.44 bits per heavy atom. The number of hydrogen-bond acceptors (Lipinski definition) is 7. The molecular formula is C37H29ClI2N2O5S. The Hall–Kier alpha value is -3.46. The van der Waals surface area contributed by atoms with E-state index in [-0.39, 0.29) is 12.2 Å². The molecule has 4 aromatic carbocycles. The number of carbonyl (C=O) groups excluding carboxylic acids is 1. The van der Waals surface area contributed by atoms with Gasteiger partial charge in [0, 0.05) is 19.7 Å². The summed E-state index contributed by atoms with van der Waals surface area (Å²) >= 11 is 12.0. The van der Waals surface area contributed by atoms with Gasteiger partial charge < -0.3 is 14.2 Å². The fourth-order valence-corrected chi connectivity index (χ4v) is 8.68. The predicted octanol–water partition coefficient (Wildman–Crippen LogP) is 7.78. The average molecular weight is 903 g/mol. The number of rotatable bonds is 10. The van der Waals surface area contributed by atoms with Crippen LogP contribution >= 0.6 is 68.1 Å². The maximum absolute atomic E-state index is 14.5. The van der Waals surface area contributed by atoms with E-state index < -0.39 is 12.0 Å². The lowest BCUT2D eigenvalue weighted by molar-refractivity contribution is -0.138. The Bertz CT molecular complexity index is 2200. The quantitative estimate of drug-likeness (QED) is 0.106. The van der Waals surface area contributed by atoms with Crippen LogP contribution in [0.15, 0.2) is 106 Å². The number of halogens is 3. The maximum atomic E-state index is 14.5. The van der Waals surface area contributed by atoms with Crippen LogP contribution in [0.1, 0.15) is 42.1 Å². The van der Waals surface area contributed by atoms with Crippen LogP contribution in [0.2, 0.25) is 5.02 Å². The Kier molecular flexibility index (Phi) is 11.0. The summed E-state index contributed by atoms with van der Waals surface area (Å²) in [6.07, 6.45) is 1.84. The van der Waals surface area contributed by atoms with Crippen LogP contribution in [-0.2, 0) is 16.1 Å². The van der Waals surface area contributed by atoms with Crippen molar-refractivity contribution in [3.05, 3.63) is 151 Å². The number of thiazole rings is 1. The lowest BCUT2D eigenvalue weighted by Crippen LogP contribution is -2.40. The molecular weight excluding hydrogens is 874 g/mol. The Labute approximate surface area is 313 Å². The largest absolute Gasteiger partial charge is 0.494 e. The van der Waals surface area contributed by atoms with Crippen LogP contribution in [0.4, 0.5) is 0 Å². The molecule has 0 aliphatic carbocycles. The molecule has 48 heavy (non-hydrogen) atoms. The van der Waals surface area contributed by atoms with E-state index in [0.717, 1.165) is 29.4 Å². The van der Waals surface area contributed by atoms with E-state index in [1.165, 1.54) is 11.3 Å². The summed E-state index contributed by atoms with van der Waals surface area (Å²) < 4.78 is 21.6. The number of esters is 1. The van der Waals surface area contributed by atoms with E-state index in [4.69, 9.17) is 30.8 Å². The summed E-state index contributed by atoms with van der Waals surface area (Å²) in [5, 5.41) is 0.633. The molecule has 7 nitrogen and oxygen atoms in total. The normalized spacial score (nSPS) is 14.4. The van der Waals surface area contributed by atoms with Crippen LogP contribution in [0, 0.1) is 7.14 Å². The second kappa shape index (κ2) is 15.4. The fourth-order valence-electron chi connectivity index (χ4n) is 5.43. The zero-order valence-electron chi connectivity index (χ0n) is 25.9. The SMILES string of the molecule is CCOC(=O)C1=C(c2ccccc2)N=c2s/c(=C\c3cc(I)cc(I)c3OCc3cccc(Cl)c3)c(=O)n2[C@@H]1c1ccc(OCC)cc1. The van der Waals surface area contributed by atoms with Gasteiger partial charge in [-0.1, -0.05) is 77.5 Å².